The number of rotatable bonds is 7. The van der Waals surface area contributed by atoms with Crippen LogP contribution in [0.15, 0.2) is 24.3 Å². The van der Waals surface area contributed by atoms with Crippen LogP contribution in [0, 0.1) is 0 Å². The van der Waals surface area contributed by atoms with Crippen molar-refractivity contribution in [1.29, 1.82) is 0 Å². The average molecular weight is 251 g/mol. The van der Waals surface area contributed by atoms with Crippen LogP contribution in [0.4, 0.5) is 0 Å². The van der Waals surface area contributed by atoms with Crippen LogP contribution in [0.25, 0.3) is 0 Å². The van der Waals surface area contributed by atoms with Gasteiger partial charge in [0.25, 0.3) is 0 Å². The van der Waals surface area contributed by atoms with E-state index in [0.29, 0.717) is 12.5 Å². The summed E-state index contributed by atoms with van der Waals surface area (Å²) in [4.78, 5) is 0. The Hall–Kier alpha value is -0.900. The highest BCUT2D eigenvalue weighted by atomic mass is 16.3. The Labute approximate surface area is 110 Å². The molecule has 3 nitrogen and oxygen atoms in total. The second kappa shape index (κ2) is 7.52. The Kier molecular flexibility index (Phi) is 6.33. The Morgan fingerprint density at radius 1 is 1.11 bits per heavy atom. The van der Waals surface area contributed by atoms with Crippen molar-refractivity contribution in [3.05, 3.63) is 35.4 Å². The van der Waals surface area contributed by atoms with E-state index in [-0.39, 0.29) is 12.6 Å². The molecule has 18 heavy (non-hydrogen) atoms. The highest BCUT2D eigenvalue weighted by Gasteiger charge is 2.15. The van der Waals surface area contributed by atoms with Gasteiger partial charge in [0.1, 0.15) is 0 Å². The number of aliphatic hydroxyl groups excluding tert-OH is 2. The van der Waals surface area contributed by atoms with Gasteiger partial charge in [-0.3, -0.25) is 0 Å². The maximum atomic E-state index is 10.2. The molecule has 1 rings (SSSR count). The molecule has 0 bridgehead atoms. The van der Waals surface area contributed by atoms with E-state index in [1.165, 1.54) is 5.56 Å². The lowest BCUT2D eigenvalue weighted by atomic mass is 9.95. The highest BCUT2D eigenvalue weighted by Crippen LogP contribution is 2.22. The first-order valence-electron chi connectivity index (χ1n) is 6.72. The van der Waals surface area contributed by atoms with Gasteiger partial charge in [0, 0.05) is 12.6 Å². The fourth-order valence-electron chi connectivity index (χ4n) is 1.95. The molecule has 0 amide bonds. The van der Waals surface area contributed by atoms with Gasteiger partial charge in [-0.1, -0.05) is 38.1 Å². The zero-order valence-corrected chi connectivity index (χ0v) is 11.6. The predicted octanol–water partition coefficient (Wildman–Crippen LogP) is 2.20. The number of hydrogen-bond donors (Lipinski definition) is 3. The molecule has 0 radical (unpaired) electrons. The van der Waals surface area contributed by atoms with Crippen LogP contribution < -0.4 is 5.32 Å². The minimum atomic E-state index is -0.539. The molecule has 0 aliphatic rings. The van der Waals surface area contributed by atoms with E-state index in [2.05, 4.69) is 31.3 Å². The molecule has 3 N–H and O–H groups in total. The van der Waals surface area contributed by atoms with Crippen molar-refractivity contribution in [2.45, 2.75) is 45.3 Å². The summed E-state index contributed by atoms with van der Waals surface area (Å²) in [5.74, 6) is 0.557. The first kappa shape index (κ1) is 15.2. The quantitative estimate of drug-likeness (QED) is 0.696. The van der Waals surface area contributed by atoms with Gasteiger partial charge in [0.2, 0.25) is 0 Å². The molecule has 0 fully saturated rings. The molecule has 0 heterocycles. The molecule has 0 spiro atoms. The molecule has 0 aliphatic carbocycles. The summed E-state index contributed by atoms with van der Waals surface area (Å²) >= 11 is 0. The van der Waals surface area contributed by atoms with Crippen LogP contribution in [-0.2, 0) is 0 Å². The summed E-state index contributed by atoms with van der Waals surface area (Å²) in [6.45, 7) is 6.89. The number of benzene rings is 1. The van der Waals surface area contributed by atoms with Gasteiger partial charge in [-0.05, 0) is 30.4 Å². The van der Waals surface area contributed by atoms with E-state index in [9.17, 15) is 5.11 Å². The SMILES string of the molecule is CCC(C)c1ccc(C(O)C(C)NCCO)cc1. The lowest BCUT2D eigenvalue weighted by Crippen LogP contribution is -2.34. The van der Waals surface area contributed by atoms with Crippen molar-refractivity contribution in [3.8, 4) is 0 Å². The molecule has 3 atom stereocenters. The van der Waals surface area contributed by atoms with Gasteiger partial charge in [-0.15, -0.1) is 0 Å². The number of aliphatic hydroxyl groups is 2. The van der Waals surface area contributed by atoms with E-state index < -0.39 is 6.10 Å². The van der Waals surface area contributed by atoms with Crippen LogP contribution in [0.5, 0.6) is 0 Å². The average Bonchev–Trinajstić information content (AvgIpc) is 2.43. The maximum Gasteiger partial charge on any atom is 0.0940 e. The van der Waals surface area contributed by atoms with E-state index in [1.54, 1.807) is 0 Å². The van der Waals surface area contributed by atoms with Crippen LogP contribution in [0.1, 0.15) is 50.3 Å². The third kappa shape index (κ3) is 4.09. The van der Waals surface area contributed by atoms with Gasteiger partial charge < -0.3 is 15.5 Å². The zero-order chi connectivity index (χ0) is 13.5. The van der Waals surface area contributed by atoms with Gasteiger partial charge in [-0.25, -0.2) is 0 Å². The smallest absolute Gasteiger partial charge is 0.0940 e. The van der Waals surface area contributed by atoms with Crippen LogP contribution in [-0.4, -0.2) is 29.4 Å². The second-order valence-electron chi connectivity index (χ2n) is 4.89. The predicted molar refractivity (Wildman–Crippen MR) is 74.7 cm³/mol. The standard InChI is InChI=1S/C15H25NO2/c1-4-11(2)13-5-7-14(8-6-13)15(18)12(3)16-9-10-17/h5-8,11-12,15-18H,4,9-10H2,1-3H3. The van der Waals surface area contributed by atoms with Crippen molar-refractivity contribution in [2.24, 2.45) is 0 Å². The van der Waals surface area contributed by atoms with Crippen molar-refractivity contribution < 1.29 is 10.2 Å². The fourth-order valence-corrected chi connectivity index (χ4v) is 1.95. The number of hydrogen-bond acceptors (Lipinski definition) is 3. The van der Waals surface area contributed by atoms with Crippen molar-refractivity contribution in [3.63, 3.8) is 0 Å². The molecule has 0 aromatic heterocycles. The Morgan fingerprint density at radius 2 is 1.67 bits per heavy atom. The van der Waals surface area contributed by atoms with E-state index in [1.807, 2.05) is 19.1 Å². The monoisotopic (exact) mass is 251 g/mol. The Morgan fingerprint density at radius 3 is 2.17 bits per heavy atom. The van der Waals surface area contributed by atoms with Crippen LogP contribution >= 0.6 is 0 Å². The Balaban J connectivity index is 2.66. The molecule has 1 aromatic carbocycles. The van der Waals surface area contributed by atoms with Crippen LogP contribution in [0.3, 0.4) is 0 Å². The second-order valence-corrected chi connectivity index (χ2v) is 4.89. The van der Waals surface area contributed by atoms with Crippen LogP contribution in [0.2, 0.25) is 0 Å². The lowest BCUT2D eigenvalue weighted by molar-refractivity contribution is 0.132. The van der Waals surface area contributed by atoms with E-state index in [4.69, 9.17) is 5.11 Å². The molecule has 0 aliphatic heterocycles. The molecule has 3 heteroatoms. The van der Waals surface area contributed by atoms with Gasteiger partial charge in [0.15, 0.2) is 0 Å². The largest absolute Gasteiger partial charge is 0.395 e. The van der Waals surface area contributed by atoms with E-state index >= 15 is 0 Å². The minimum absolute atomic E-state index is 0.0633. The van der Waals surface area contributed by atoms with Gasteiger partial charge >= 0.3 is 0 Å². The highest BCUT2D eigenvalue weighted by molar-refractivity contribution is 5.27. The molecule has 0 saturated heterocycles. The number of nitrogens with one attached hydrogen (secondary N) is 1. The summed E-state index contributed by atoms with van der Waals surface area (Å²) in [5, 5.41) is 22.0. The third-order valence-electron chi connectivity index (χ3n) is 3.51. The molecule has 1 aromatic rings. The normalized spacial score (nSPS) is 16.3. The van der Waals surface area contributed by atoms with E-state index in [0.717, 1.165) is 12.0 Å². The fraction of sp³-hybridized carbons (Fsp3) is 0.600. The molecular weight excluding hydrogens is 226 g/mol. The molecule has 3 unspecified atom stereocenters. The van der Waals surface area contributed by atoms with Crippen molar-refractivity contribution >= 4 is 0 Å². The summed E-state index contributed by atoms with van der Waals surface area (Å²) in [5.41, 5.74) is 2.23. The molecule has 102 valence electrons. The lowest BCUT2D eigenvalue weighted by Gasteiger charge is -2.21. The summed E-state index contributed by atoms with van der Waals surface area (Å²) in [6.07, 6.45) is 0.582. The summed E-state index contributed by atoms with van der Waals surface area (Å²) < 4.78 is 0. The topological polar surface area (TPSA) is 52.5 Å². The van der Waals surface area contributed by atoms with Crippen molar-refractivity contribution in [1.82, 2.24) is 5.32 Å². The first-order chi connectivity index (χ1) is 8.60. The first-order valence-corrected chi connectivity index (χ1v) is 6.72. The van der Waals surface area contributed by atoms with Gasteiger partial charge in [-0.2, -0.15) is 0 Å². The summed E-state index contributed by atoms with van der Waals surface area (Å²) in [6, 6.07) is 8.09. The molecule has 0 saturated carbocycles. The third-order valence-corrected chi connectivity index (χ3v) is 3.51. The van der Waals surface area contributed by atoms with Crippen molar-refractivity contribution in [2.75, 3.05) is 13.2 Å². The molecular formula is C15H25NO2. The Bertz CT molecular complexity index is 337. The van der Waals surface area contributed by atoms with Gasteiger partial charge in [0.05, 0.1) is 12.7 Å². The maximum absolute atomic E-state index is 10.2. The zero-order valence-electron chi connectivity index (χ0n) is 11.6. The minimum Gasteiger partial charge on any atom is -0.395 e. The summed E-state index contributed by atoms with van der Waals surface area (Å²) in [7, 11) is 0.